The van der Waals surface area contributed by atoms with Crippen molar-refractivity contribution in [1.29, 1.82) is 0 Å². The fraction of sp³-hybridized carbons (Fsp3) is 0.500. The monoisotopic (exact) mass is 392 g/mol. The molecule has 0 bridgehead atoms. The van der Waals surface area contributed by atoms with E-state index in [9.17, 15) is 9.18 Å². The Morgan fingerprint density at radius 3 is 2.96 bits per heavy atom. The van der Waals surface area contributed by atoms with Crippen LogP contribution in [0.2, 0.25) is 5.02 Å². The van der Waals surface area contributed by atoms with Crippen LogP contribution in [0.3, 0.4) is 0 Å². The van der Waals surface area contributed by atoms with Crippen LogP contribution in [0.1, 0.15) is 41.4 Å². The Hall–Kier alpha value is -1.92. The maximum absolute atomic E-state index is 13.4. The Labute approximate surface area is 164 Å². The molecule has 1 aliphatic heterocycles. The molecule has 1 aromatic heterocycles. The topological polar surface area (TPSA) is 41.4 Å². The fourth-order valence-electron chi connectivity index (χ4n) is 3.61. The zero-order valence-electron chi connectivity index (χ0n) is 15.9. The van der Waals surface area contributed by atoms with Crippen LogP contribution in [-0.4, -0.2) is 59.0 Å². The van der Waals surface area contributed by atoms with Crippen molar-refractivity contribution in [3.63, 3.8) is 0 Å². The van der Waals surface area contributed by atoms with Gasteiger partial charge < -0.3 is 14.4 Å². The summed E-state index contributed by atoms with van der Waals surface area (Å²) >= 11 is 5.84. The molecular weight excluding hydrogens is 367 g/mol. The largest absolute Gasteiger partial charge is 0.338 e. The van der Waals surface area contributed by atoms with E-state index in [1.165, 1.54) is 18.2 Å². The van der Waals surface area contributed by atoms with Gasteiger partial charge in [0.05, 0.1) is 5.02 Å². The molecule has 1 aromatic carbocycles. The molecule has 146 valence electrons. The van der Waals surface area contributed by atoms with Crippen LogP contribution in [0, 0.1) is 5.82 Å². The number of likely N-dealkylation sites (tertiary alicyclic amines) is 1. The molecule has 1 aliphatic rings. The fourth-order valence-corrected chi connectivity index (χ4v) is 3.79. The Morgan fingerprint density at radius 1 is 1.41 bits per heavy atom. The molecule has 0 spiro atoms. The lowest BCUT2D eigenvalue weighted by molar-refractivity contribution is 0.0703. The van der Waals surface area contributed by atoms with Crippen LogP contribution in [0.15, 0.2) is 30.6 Å². The van der Waals surface area contributed by atoms with Crippen molar-refractivity contribution < 1.29 is 9.18 Å². The minimum absolute atomic E-state index is 0.0224. The van der Waals surface area contributed by atoms with E-state index < -0.39 is 5.82 Å². The van der Waals surface area contributed by atoms with Crippen LogP contribution in [0.4, 0.5) is 4.39 Å². The van der Waals surface area contributed by atoms with Gasteiger partial charge in [-0.3, -0.25) is 4.79 Å². The highest BCUT2D eigenvalue weighted by Gasteiger charge is 2.28. The van der Waals surface area contributed by atoms with Gasteiger partial charge in [0.1, 0.15) is 11.6 Å². The molecule has 0 N–H and O–H groups in total. The second-order valence-electron chi connectivity index (χ2n) is 7.35. The molecule has 7 heteroatoms. The number of carbonyl (C=O) groups excluding carboxylic acids is 1. The van der Waals surface area contributed by atoms with Gasteiger partial charge in [0.25, 0.3) is 5.91 Å². The van der Waals surface area contributed by atoms with Crippen LogP contribution in [0.25, 0.3) is 0 Å². The number of benzene rings is 1. The summed E-state index contributed by atoms with van der Waals surface area (Å²) in [5.74, 6) is 0.646. The van der Waals surface area contributed by atoms with Crippen molar-refractivity contribution in [2.75, 3.05) is 33.7 Å². The number of piperidine rings is 1. The molecule has 1 fully saturated rings. The maximum Gasteiger partial charge on any atom is 0.253 e. The molecule has 0 aliphatic carbocycles. The van der Waals surface area contributed by atoms with E-state index in [1.807, 2.05) is 17.3 Å². The van der Waals surface area contributed by atoms with Gasteiger partial charge in [-0.1, -0.05) is 11.6 Å². The van der Waals surface area contributed by atoms with E-state index in [4.69, 9.17) is 11.6 Å². The number of hydrogen-bond donors (Lipinski definition) is 0. The molecule has 0 radical (unpaired) electrons. The van der Waals surface area contributed by atoms with Crippen LogP contribution >= 0.6 is 11.6 Å². The molecule has 1 atom stereocenters. The van der Waals surface area contributed by atoms with Gasteiger partial charge in [-0.25, -0.2) is 9.37 Å². The minimum atomic E-state index is -0.510. The number of nitrogens with zero attached hydrogens (tertiary/aromatic N) is 4. The second kappa shape index (κ2) is 8.85. The van der Waals surface area contributed by atoms with Gasteiger partial charge in [0.2, 0.25) is 0 Å². The van der Waals surface area contributed by atoms with Crippen molar-refractivity contribution in [3.8, 4) is 0 Å². The highest BCUT2D eigenvalue weighted by atomic mass is 35.5. The second-order valence-corrected chi connectivity index (χ2v) is 7.76. The van der Waals surface area contributed by atoms with Gasteiger partial charge in [0, 0.05) is 43.5 Å². The quantitative estimate of drug-likeness (QED) is 0.753. The smallest absolute Gasteiger partial charge is 0.253 e. The van der Waals surface area contributed by atoms with E-state index in [0.29, 0.717) is 18.7 Å². The van der Waals surface area contributed by atoms with E-state index in [1.54, 1.807) is 0 Å². The first-order chi connectivity index (χ1) is 13.0. The van der Waals surface area contributed by atoms with E-state index >= 15 is 0 Å². The summed E-state index contributed by atoms with van der Waals surface area (Å²) in [5, 5.41) is -0.0224. The van der Waals surface area contributed by atoms with Crippen molar-refractivity contribution >= 4 is 17.5 Å². The molecule has 0 saturated carbocycles. The predicted octanol–water partition coefficient (Wildman–Crippen LogP) is 3.65. The number of aromatic nitrogens is 2. The van der Waals surface area contributed by atoms with Crippen molar-refractivity contribution in [3.05, 3.63) is 52.8 Å². The number of imidazole rings is 1. The number of aryl methyl sites for hydroxylation is 1. The first kappa shape index (κ1) is 19.8. The van der Waals surface area contributed by atoms with E-state index in [2.05, 4.69) is 28.5 Å². The lowest BCUT2D eigenvalue weighted by Crippen LogP contribution is -2.39. The zero-order valence-corrected chi connectivity index (χ0v) is 16.6. The predicted molar refractivity (Wildman–Crippen MR) is 105 cm³/mol. The summed E-state index contributed by atoms with van der Waals surface area (Å²) in [6.45, 7) is 3.27. The number of halogens is 2. The average molecular weight is 393 g/mol. The Kier molecular flexibility index (Phi) is 6.50. The normalized spacial score (nSPS) is 17.5. The zero-order chi connectivity index (χ0) is 19.4. The molecule has 2 aromatic rings. The average Bonchev–Trinajstić information content (AvgIpc) is 3.12. The molecule has 1 amide bonds. The van der Waals surface area contributed by atoms with Crippen LogP contribution in [-0.2, 0) is 6.54 Å². The molecule has 2 heterocycles. The highest BCUT2D eigenvalue weighted by Crippen LogP contribution is 2.27. The van der Waals surface area contributed by atoms with Gasteiger partial charge in [-0.15, -0.1) is 0 Å². The molecule has 0 unspecified atom stereocenters. The highest BCUT2D eigenvalue weighted by molar-refractivity contribution is 6.31. The van der Waals surface area contributed by atoms with Crippen molar-refractivity contribution in [2.24, 2.45) is 0 Å². The number of hydrogen-bond acceptors (Lipinski definition) is 3. The van der Waals surface area contributed by atoms with Crippen molar-refractivity contribution in [2.45, 2.75) is 31.7 Å². The first-order valence-electron chi connectivity index (χ1n) is 9.36. The number of carbonyl (C=O) groups is 1. The number of amides is 1. The third kappa shape index (κ3) is 4.87. The summed E-state index contributed by atoms with van der Waals surface area (Å²) in [4.78, 5) is 21.4. The minimum Gasteiger partial charge on any atom is -0.338 e. The van der Waals surface area contributed by atoms with Gasteiger partial charge in [0.15, 0.2) is 0 Å². The third-order valence-corrected chi connectivity index (χ3v) is 5.28. The van der Waals surface area contributed by atoms with Gasteiger partial charge >= 0.3 is 0 Å². The van der Waals surface area contributed by atoms with Gasteiger partial charge in [-0.2, -0.15) is 0 Å². The molecule has 5 nitrogen and oxygen atoms in total. The SMILES string of the molecule is CN(C)CCCn1ccnc1[C@H]1CCCN(C(=O)c2ccc(F)c(Cl)c2)C1. The van der Waals surface area contributed by atoms with Crippen LogP contribution in [0.5, 0.6) is 0 Å². The lowest BCUT2D eigenvalue weighted by atomic mass is 9.96. The Balaban J connectivity index is 1.68. The van der Waals surface area contributed by atoms with E-state index in [0.717, 1.165) is 38.2 Å². The molecule has 1 saturated heterocycles. The maximum atomic E-state index is 13.4. The Bertz CT molecular complexity index is 792. The lowest BCUT2D eigenvalue weighted by Gasteiger charge is -2.33. The van der Waals surface area contributed by atoms with E-state index in [-0.39, 0.29) is 16.8 Å². The Morgan fingerprint density at radius 2 is 2.22 bits per heavy atom. The standard InChI is InChI=1S/C20H26ClFN4O/c1-24(2)9-4-11-25-12-8-23-19(25)16-5-3-10-26(14-16)20(27)15-6-7-18(22)17(21)13-15/h6-8,12-13,16H,3-5,9-11,14H2,1-2H3/t16-/m0/s1. The van der Waals surface area contributed by atoms with Crippen molar-refractivity contribution in [1.82, 2.24) is 19.4 Å². The molecule has 27 heavy (non-hydrogen) atoms. The molecular formula is C20H26ClFN4O. The summed E-state index contributed by atoms with van der Waals surface area (Å²) < 4.78 is 15.6. The first-order valence-corrected chi connectivity index (χ1v) is 9.73. The summed E-state index contributed by atoms with van der Waals surface area (Å²) in [7, 11) is 4.14. The van der Waals surface area contributed by atoms with Crippen LogP contribution < -0.4 is 0 Å². The number of rotatable bonds is 6. The summed E-state index contributed by atoms with van der Waals surface area (Å²) in [6.07, 6.45) is 6.85. The summed E-state index contributed by atoms with van der Waals surface area (Å²) in [5.41, 5.74) is 0.427. The molecule has 3 rings (SSSR count). The van der Waals surface area contributed by atoms with Gasteiger partial charge in [-0.05, 0) is 58.1 Å². The third-order valence-electron chi connectivity index (χ3n) is 4.99. The summed E-state index contributed by atoms with van der Waals surface area (Å²) in [6, 6.07) is 4.15.